The fraction of sp³-hybridized carbons (Fsp3) is 0.438. The van der Waals surface area contributed by atoms with Crippen LogP contribution < -0.4 is 0 Å². The zero-order valence-corrected chi connectivity index (χ0v) is 14.9. The van der Waals surface area contributed by atoms with Crippen LogP contribution in [0.4, 0.5) is 4.39 Å². The molecule has 0 spiro atoms. The van der Waals surface area contributed by atoms with Crippen LogP contribution in [0, 0.1) is 5.82 Å². The normalized spacial score (nSPS) is 19.4. The third kappa shape index (κ3) is 4.06. The van der Waals surface area contributed by atoms with Gasteiger partial charge in [0.1, 0.15) is 17.7 Å². The van der Waals surface area contributed by atoms with Crippen molar-refractivity contribution >= 4 is 10.2 Å². The Kier molecular flexibility index (Phi) is 5.19. The lowest BCUT2D eigenvalue weighted by Gasteiger charge is -2.32. The van der Waals surface area contributed by atoms with Gasteiger partial charge in [0.2, 0.25) is 5.89 Å². The van der Waals surface area contributed by atoms with Crippen molar-refractivity contribution in [3.05, 3.63) is 53.5 Å². The number of hydrogen-bond donors (Lipinski definition) is 0. The number of rotatable bonds is 5. The second-order valence-corrected chi connectivity index (χ2v) is 8.12. The topological polar surface area (TPSA) is 75.9 Å². The third-order valence-electron chi connectivity index (χ3n) is 3.96. The zero-order valence-electron chi connectivity index (χ0n) is 14.1. The zero-order chi connectivity index (χ0) is 18.0. The number of oxazole rings is 1. The first kappa shape index (κ1) is 18.0. The van der Waals surface area contributed by atoms with Crippen LogP contribution in [-0.4, -0.2) is 55.8 Å². The highest BCUT2D eigenvalue weighted by molar-refractivity contribution is 7.86. The van der Waals surface area contributed by atoms with Crippen LogP contribution in [0.15, 0.2) is 34.9 Å². The molecule has 25 heavy (non-hydrogen) atoms. The SMILES string of the molecule is CN(C)S(=O)(=O)N1CCO[C@H](c2ncc(Cc3ccc(F)cc3)o2)C1. The van der Waals surface area contributed by atoms with Gasteiger partial charge in [-0.1, -0.05) is 12.1 Å². The molecular formula is C16H20FN3O4S. The largest absolute Gasteiger partial charge is 0.442 e. The molecule has 0 saturated carbocycles. The molecule has 1 aromatic heterocycles. The Morgan fingerprint density at radius 2 is 2.04 bits per heavy atom. The second kappa shape index (κ2) is 7.20. The van der Waals surface area contributed by atoms with Crippen molar-refractivity contribution in [1.82, 2.24) is 13.6 Å². The first-order chi connectivity index (χ1) is 11.9. The Morgan fingerprint density at radius 1 is 1.32 bits per heavy atom. The fourth-order valence-corrected chi connectivity index (χ4v) is 3.66. The molecule has 0 amide bonds. The lowest BCUT2D eigenvalue weighted by atomic mass is 10.1. The Morgan fingerprint density at radius 3 is 2.72 bits per heavy atom. The van der Waals surface area contributed by atoms with Gasteiger partial charge in [0.25, 0.3) is 10.2 Å². The Labute approximate surface area is 146 Å². The van der Waals surface area contributed by atoms with E-state index >= 15 is 0 Å². The van der Waals surface area contributed by atoms with Gasteiger partial charge in [-0.15, -0.1) is 0 Å². The van der Waals surface area contributed by atoms with Crippen LogP contribution in [-0.2, 0) is 21.4 Å². The van der Waals surface area contributed by atoms with Crippen LogP contribution in [0.5, 0.6) is 0 Å². The van der Waals surface area contributed by atoms with E-state index in [2.05, 4.69) is 4.98 Å². The maximum absolute atomic E-state index is 13.0. The molecule has 0 unspecified atom stereocenters. The molecule has 3 rings (SSSR count). The molecule has 1 atom stereocenters. The molecule has 1 aromatic carbocycles. The fourth-order valence-electron chi connectivity index (χ4n) is 2.57. The van der Waals surface area contributed by atoms with Crippen LogP contribution in [0.3, 0.4) is 0 Å². The van der Waals surface area contributed by atoms with Crippen molar-refractivity contribution in [2.75, 3.05) is 33.8 Å². The second-order valence-electron chi connectivity index (χ2n) is 5.98. The minimum Gasteiger partial charge on any atom is -0.442 e. The van der Waals surface area contributed by atoms with Gasteiger partial charge in [0.05, 0.1) is 19.3 Å². The average Bonchev–Trinajstić information content (AvgIpc) is 3.05. The summed E-state index contributed by atoms with van der Waals surface area (Å²) in [5.41, 5.74) is 0.894. The van der Waals surface area contributed by atoms with E-state index in [0.717, 1.165) is 5.56 Å². The monoisotopic (exact) mass is 369 g/mol. The summed E-state index contributed by atoms with van der Waals surface area (Å²) < 4.78 is 51.3. The molecule has 2 heterocycles. The van der Waals surface area contributed by atoms with Crippen molar-refractivity contribution in [2.24, 2.45) is 0 Å². The van der Waals surface area contributed by atoms with Gasteiger partial charge in [-0.05, 0) is 17.7 Å². The van der Waals surface area contributed by atoms with Crippen LogP contribution in [0.25, 0.3) is 0 Å². The van der Waals surface area contributed by atoms with E-state index in [-0.39, 0.29) is 19.0 Å². The molecule has 2 aromatic rings. The molecule has 1 fully saturated rings. The van der Waals surface area contributed by atoms with E-state index in [1.165, 1.54) is 34.8 Å². The average molecular weight is 369 g/mol. The number of ether oxygens (including phenoxy) is 1. The number of halogens is 1. The van der Waals surface area contributed by atoms with Crippen molar-refractivity contribution in [3.8, 4) is 0 Å². The number of hydrogen-bond acceptors (Lipinski definition) is 5. The molecule has 0 radical (unpaired) electrons. The van der Waals surface area contributed by atoms with E-state index in [1.807, 2.05) is 0 Å². The summed E-state index contributed by atoms with van der Waals surface area (Å²) in [5.74, 6) is 0.661. The number of nitrogens with zero attached hydrogens (tertiary/aromatic N) is 3. The highest BCUT2D eigenvalue weighted by Gasteiger charge is 2.33. The standard InChI is InChI=1S/C16H20FN3O4S/c1-19(2)25(21,22)20-7-8-23-15(11-20)16-18-10-14(24-16)9-12-3-5-13(17)6-4-12/h3-6,10,15H,7-9,11H2,1-2H3/t15-/m0/s1. The summed E-state index contributed by atoms with van der Waals surface area (Å²) in [5, 5.41) is 0. The molecule has 0 N–H and O–H groups in total. The minimum atomic E-state index is -3.50. The summed E-state index contributed by atoms with van der Waals surface area (Å²) in [4.78, 5) is 4.21. The van der Waals surface area contributed by atoms with Gasteiger partial charge >= 0.3 is 0 Å². The summed E-state index contributed by atoms with van der Waals surface area (Å²) in [6.45, 7) is 0.713. The molecule has 0 aliphatic carbocycles. The number of morpholine rings is 1. The molecule has 9 heteroatoms. The predicted octanol–water partition coefficient (Wildman–Crippen LogP) is 1.58. The van der Waals surface area contributed by atoms with E-state index in [0.29, 0.717) is 24.6 Å². The van der Waals surface area contributed by atoms with Crippen molar-refractivity contribution in [1.29, 1.82) is 0 Å². The number of aromatic nitrogens is 1. The first-order valence-electron chi connectivity index (χ1n) is 7.84. The van der Waals surface area contributed by atoms with E-state index in [1.54, 1.807) is 18.3 Å². The maximum atomic E-state index is 13.0. The van der Waals surface area contributed by atoms with Crippen molar-refractivity contribution in [2.45, 2.75) is 12.5 Å². The molecule has 7 nitrogen and oxygen atoms in total. The van der Waals surface area contributed by atoms with E-state index in [9.17, 15) is 12.8 Å². The third-order valence-corrected chi connectivity index (χ3v) is 5.86. The summed E-state index contributed by atoms with van der Waals surface area (Å²) in [6, 6.07) is 6.14. The smallest absolute Gasteiger partial charge is 0.281 e. The highest BCUT2D eigenvalue weighted by Crippen LogP contribution is 2.25. The van der Waals surface area contributed by atoms with E-state index in [4.69, 9.17) is 9.15 Å². The van der Waals surface area contributed by atoms with Gasteiger partial charge in [-0.2, -0.15) is 17.0 Å². The Bertz CT molecular complexity index is 820. The maximum Gasteiger partial charge on any atom is 0.281 e. The van der Waals surface area contributed by atoms with Crippen LogP contribution >= 0.6 is 0 Å². The quantitative estimate of drug-likeness (QED) is 0.800. The van der Waals surface area contributed by atoms with Gasteiger partial charge < -0.3 is 9.15 Å². The molecular weight excluding hydrogens is 349 g/mol. The molecule has 136 valence electrons. The van der Waals surface area contributed by atoms with Gasteiger partial charge in [-0.3, -0.25) is 0 Å². The number of benzene rings is 1. The van der Waals surface area contributed by atoms with E-state index < -0.39 is 16.3 Å². The molecule has 1 aliphatic rings. The van der Waals surface area contributed by atoms with Gasteiger partial charge in [0, 0.05) is 27.1 Å². The predicted molar refractivity (Wildman–Crippen MR) is 88.6 cm³/mol. The van der Waals surface area contributed by atoms with Crippen molar-refractivity contribution < 1.29 is 22.0 Å². The lowest BCUT2D eigenvalue weighted by molar-refractivity contribution is -0.0188. The summed E-state index contributed by atoms with van der Waals surface area (Å²) >= 11 is 0. The van der Waals surface area contributed by atoms with Crippen LogP contribution in [0.1, 0.15) is 23.3 Å². The molecule has 1 aliphatic heterocycles. The lowest BCUT2D eigenvalue weighted by Crippen LogP contribution is -2.47. The minimum absolute atomic E-state index is 0.150. The van der Waals surface area contributed by atoms with Gasteiger partial charge in [-0.25, -0.2) is 9.37 Å². The summed E-state index contributed by atoms with van der Waals surface area (Å²) in [7, 11) is -0.521. The van der Waals surface area contributed by atoms with Gasteiger partial charge in [0.15, 0.2) is 0 Å². The van der Waals surface area contributed by atoms with Crippen LogP contribution in [0.2, 0.25) is 0 Å². The molecule has 1 saturated heterocycles. The summed E-state index contributed by atoms with van der Waals surface area (Å²) in [6.07, 6.45) is 1.51. The first-order valence-corrected chi connectivity index (χ1v) is 9.24. The molecule has 0 bridgehead atoms. The van der Waals surface area contributed by atoms with Crippen molar-refractivity contribution in [3.63, 3.8) is 0 Å². The Hall–Kier alpha value is -1.81. The highest BCUT2D eigenvalue weighted by atomic mass is 32.2. The Balaban J connectivity index is 1.70.